The predicted molar refractivity (Wildman–Crippen MR) is 95.0 cm³/mol. The molecule has 0 spiro atoms. The van der Waals surface area contributed by atoms with Crippen LogP contribution in [0.2, 0.25) is 0 Å². The topological polar surface area (TPSA) is 44.8 Å². The Kier molecular flexibility index (Phi) is 5.67. The number of piperazine rings is 1. The zero-order valence-electron chi connectivity index (χ0n) is 12.6. The van der Waals surface area contributed by atoms with E-state index in [-0.39, 0.29) is 5.91 Å². The smallest absolute Gasteiger partial charge is 0.238 e. The van der Waals surface area contributed by atoms with Crippen molar-refractivity contribution in [2.24, 2.45) is 0 Å². The minimum absolute atomic E-state index is 0.0691. The number of hydrogen-bond donors (Lipinski definition) is 1. The first-order valence-corrected chi connectivity index (χ1v) is 8.88. The molecule has 1 aromatic rings. The number of rotatable bonds is 4. The average Bonchev–Trinajstić information content (AvgIpc) is 3.02. The number of benzene rings is 1. The van der Waals surface area contributed by atoms with E-state index in [1.165, 1.54) is 0 Å². The zero-order chi connectivity index (χ0) is 15.4. The van der Waals surface area contributed by atoms with Gasteiger partial charge in [-0.05, 0) is 47.2 Å². The van der Waals surface area contributed by atoms with Gasteiger partial charge < -0.3 is 10.1 Å². The van der Waals surface area contributed by atoms with Crippen molar-refractivity contribution in [1.82, 2.24) is 9.80 Å². The van der Waals surface area contributed by atoms with Crippen LogP contribution in [0.15, 0.2) is 24.3 Å². The maximum absolute atomic E-state index is 12.1. The molecule has 2 aliphatic heterocycles. The van der Waals surface area contributed by atoms with Gasteiger partial charge in [-0.1, -0.05) is 6.07 Å². The van der Waals surface area contributed by atoms with Gasteiger partial charge in [0.1, 0.15) is 0 Å². The fourth-order valence-corrected chi connectivity index (χ4v) is 3.61. The van der Waals surface area contributed by atoms with E-state index in [4.69, 9.17) is 4.74 Å². The predicted octanol–water partition coefficient (Wildman–Crippen LogP) is 1.64. The summed E-state index contributed by atoms with van der Waals surface area (Å²) in [6, 6.07) is 8.47. The van der Waals surface area contributed by atoms with E-state index in [1.807, 2.05) is 24.3 Å². The van der Waals surface area contributed by atoms with Crippen molar-refractivity contribution >= 4 is 34.2 Å². The molecule has 1 N–H and O–H groups in total. The summed E-state index contributed by atoms with van der Waals surface area (Å²) in [6.07, 6.45) is 1.15. The largest absolute Gasteiger partial charge is 0.380 e. The molecule has 22 heavy (non-hydrogen) atoms. The molecule has 2 saturated heterocycles. The molecule has 3 rings (SSSR count). The fourth-order valence-electron chi connectivity index (χ4n) is 3.07. The Morgan fingerprint density at radius 1 is 1.32 bits per heavy atom. The standard InChI is InChI=1S/C16H22IN3O2/c17-13-2-1-3-14(10-13)18-16(21)11-19-5-7-20(8-6-19)15-4-9-22-12-15/h1-3,10,15H,4-9,11-12H2,(H,18,21)/t15-/m0/s1. The summed E-state index contributed by atoms with van der Waals surface area (Å²) in [5.74, 6) is 0.0691. The Morgan fingerprint density at radius 2 is 2.14 bits per heavy atom. The zero-order valence-corrected chi connectivity index (χ0v) is 14.8. The highest BCUT2D eigenvalue weighted by molar-refractivity contribution is 14.1. The number of carbonyl (C=O) groups excluding carboxylic acids is 1. The molecule has 5 nitrogen and oxygen atoms in total. The minimum atomic E-state index is 0.0691. The van der Waals surface area contributed by atoms with Gasteiger partial charge in [-0.25, -0.2) is 0 Å². The van der Waals surface area contributed by atoms with Crippen molar-refractivity contribution in [2.75, 3.05) is 51.3 Å². The molecule has 120 valence electrons. The van der Waals surface area contributed by atoms with Gasteiger partial charge in [-0.15, -0.1) is 0 Å². The second kappa shape index (κ2) is 7.72. The molecule has 2 fully saturated rings. The highest BCUT2D eigenvalue weighted by Crippen LogP contribution is 2.15. The van der Waals surface area contributed by atoms with E-state index in [1.54, 1.807) is 0 Å². The number of hydrogen-bond acceptors (Lipinski definition) is 4. The van der Waals surface area contributed by atoms with Crippen molar-refractivity contribution < 1.29 is 9.53 Å². The molecular formula is C16H22IN3O2. The molecule has 1 amide bonds. The molecule has 0 bridgehead atoms. The van der Waals surface area contributed by atoms with Crippen LogP contribution in [0.1, 0.15) is 6.42 Å². The van der Waals surface area contributed by atoms with Crippen LogP contribution in [0, 0.1) is 3.57 Å². The quantitative estimate of drug-likeness (QED) is 0.760. The Balaban J connectivity index is 1.43. The summed E-state index contributed by atoms with van der Waals surface area (Å²) in [4.78, 5) is 16.9. The first-order chi connectivity index (χ1) is 10.7. The lowest BCUT2D eigenvalue weighted by Gasteiger charge is -2.37. The molecule has 6 heteroatoms. The highest BCUT2D eigenvalue weighted by Gasteiger charge is 2.27. The molecule has 1 aromatic carbocycles. The number of amides is 1. The third-order valence-corrected chi connectivity index (χ3v) is 4.98. The molecular weight excluding hydrogens is 393 g/mol. The number of ether oxygens (including phenoxy) is 1. The molecule has 0 saturated carbocycles. The Labute approximate surface area is 145 Å². The summed E-state index contributed by atoms with van der Waals surface area (Å²) >= 11 is 2.25. The van der Waals surface area contributed by atoms with Crippen LogP contribution in [-0.2, 0) is 9.53 Å². The van der Waals surface area contributed by atoms with Crippen LogP contribution in [0.25, 0.3) is 0 Å². The summed E-state index contributed by atoms with van der Waals surface area (Å²) in [6.45, 7) is 6.21. The molecule has 2 heterocycles. The van der Waals surface area contributed by atoms with Crippen LogP contribution >= 0.6 is 22.6 Å². The normalized spacial score (nSPS) is 23.6. The molecule has 0 aliphatic carbocycles. The molecule has 0 unspecified atom stereocenters. The monoisotopic (exact) mass is 415 g/mol. The summed E-state index contributed by atoms with van der Waals surface area (Å²) in [5.41, 5.74) is 0.874. The first kappa shape index (κ1) is 16.2. The third kappa shape index (κ3) is 4.41. The second-order valence-corrected chi connectivity index (χ2v) is 7.13. The van der Waals surface area contributed by atoms with Crippen molar-refractivity contribution in [3.05, 3.63) is 27.8 Å². The number of nitrogens with one attached hydrogen (secondary N) is 1. The van der Waals surface area contributed by atoms with Gasteiger partial charge in [0.25, 0.3) is 0 Å². The summed E-state index contributed by atoms with van der Waals surface area (Å²) in [5, 5.41) is 2.98. The highest BCUT2D eigenvalue weighted by atomic mass is 127. The molecule has 0 aromatic heterocycles. The van der Waals surface area contributed by atoms with E-state index < -0.39 is 0 Å². The molecule has 2 aliphatic rings. The van der Waals surface area contributed by atoms with E-state index in [2.05, 4.69) is 37.7 Å². The van der Waals surface area contributed by atoms with Crippen molar-refractivity contribution in [2.45, 2.75) is 12.5 Å². The van der Waals surface area contributed by atoms with Gasteiger partial charge >= 0.3 is 0 Å². The number of carbonyl (C=O) groups is 1. The van der Waals surface area contributed by atoms with Crippen LogP contribution in [0.3, 0.4) is 0 Å². The average molecular weight is 415 g/mol. The summed E-state index contributed by atoms with van der Waals surface area (Å²) in [7, 11) is 0. The number of halogens is 1. The van der Waals surface area contributed by atoms with E-state index in [0.29, 0.717) is 12.6 Å². The van der Waals surface area contributed by atoms with Gasteiger partial charge in [0, 0.05) is 48.1 Å². The van der Waals surface area contributed by atoms with Crippen LogP contribution in [-0.4, -0.2) is 67.7 Å². The third-order valence-electron chi connectivity index (χ3n) is 4.30. The minimum Gasteiger partial charge on any atom is -0.380 e. The SMILES string of the molecule is O=C(CN1CCN([C@H]2CCOC2)CC1)Nc1cccc(I)c1. The lowest BCUT2D eigenvalue weighted by Crippen LogP contribution is -2.52. The maximum atomic E-state index is 12.1. The first-order valence-electron chi connectivity index (χ1n) is 7.80. The van der Waals surface area contributed by atoms with Gasteiger partial charge in [0.2, 0.25) is 5.91 Å². The van der Waals surface area contributed by atoms with Crippen molar-refractivity contribution in [3.63, 3.8) is 0 Å². The lowest BCUT2D eigenvalue weighted by molar-refractivity contribution is -0.117. The number of nitrogens with zero attached hydrogens (tertiary/aromatic N) is 2. The fraction of sp³-hybridized carbons (Fsp3) is 0.562. The number of anilines is 1. The Morgan fingerprint density at radius 3 is 2.82 bits per heavy atom. The van der Waals surface area contributed by atoms with E-state index in [0.717, 1.165) is 55.1 Å². The van der Waals surface area contributed by atoms with Crippen molar-refractivity contribution in [3.8, 4) is 0 Å². The molecule has 0 radical (unpaired) electrons. The van der Waals surface area contributed by atoms with Gasteiger partial charge in [-0.3, -0.25) is 14.6 Å². The van der Waals surface area contributed by atoms with Crippen LogP contribution in [0.5, 0.6) is 0 Å². The van der Waals surface area contributed by atoms with Crippen molar-refractivity contribution in [1.29, 1.82) is 0 Å². The van der Waals surface area contributed by atoms with Gasteiger partial charge in [-0.2, -0.15) is 0 Å². The van der Waals surface area contributed by atoms with Gasteiger partial charge in [0.15, 0.2) is 0 Å². The van der Waals surface area contributed by atoms with E-state index >= 15 is 0 Å². The lowest BCUT2D eigenvalue weighted by atomic mass is 10.2. The Bertz CT molecular complexity index is 512. The van der Waals surface area contributed by atoms with E-state index in [9.17, 15) is 4.79 Å². The van der Waals surface area contributed by atoms with Crippen LogP contribution in [0.4, 0.5) is 5.69 Å². The van der Waals surface area contributed by atoms with Crippen LogP contribution < -0.4 is 5.32 Å². The second-order valence-electron chi connectivity index (χ2n) is 5.89. The summed E-state index contributed by atoms with van der Waals surface area (Å²) < 4.78 is 6.59. The molecule has 1 atom stereocenters. The van der Waals surface area contributed by atoms with Gasteiger partial charge in [0.05, 0.1) is 13.2 Å². The maximum Gasteiger partial charge on any atom is 0.238 e. The Hall–Kier alpha value is -0.700.